The number of carbonyl (C=O) groups is 1. The molecule has 0 aliphatic carbocycles. The predicted octanol–water partition coefficient (Wildman–Crippen LogP) is 3.29. The summed E-state index contributed by atoms with van der Waals surface area (Å²) < 4.78 is 31.7. The fourth-order valence-corrected chi connectivity index (χ4v) is 1.84. The first-order valence-corrected chi connectivity index (χ1v) is 6.19. The molecule has 7 heteroatoms. The van der Waals surface area contributed by atoms with E-state index in [0.29, 0.717) is 0 Å². The van der Waals surface area contributed by atoms with Gasteiger partial charge in [0.2, 0.25) is 0 Å². The van der Waals surface area contributed by atoms with Crippen LogP contribution in [0.3, 0.4) is 0 Å². The van der Waals surface area contributed by atoms with Crippen molar-refractivity contribution in [1.29, 1.82) is 0 Å². The van der Waals surface area contributed by atoms with Crippen LogP contribution in [0.2, 0.25) is 0 Å². The highest BCUT2D eigenvalue weighted by Gasteiger charge is 2.16. The van der Waals surface area contributed by atoms with Gasteiger partial charge in [0.15, 0.2) is 0 Å². The van der Waals surface area contributed by atoms with Crippen LogP contribution in [0.25, 0.3) is 11.3 Å². The molecule has 1 N–H and O–H groups in total. The third-order valence-corrected chi connectivity index (χ3v) is 2.97. The van der Waals surface area contributed by atoms with Crippen molar-refractivity contribution in [2.75, 3.05) is 6.61 Å². The standard InChI is InChI=1S/C12H9BrF2N2O2/c1-2-19-12(18)11-5-10(16-17-11)6-3-7(13)9(15)4-8(6)14/h3-5H,2H2,1H3,(H,16,17). The van der Waals surface area contributed by atoms with Crippen LogP contribution in [0.1, 0.15) is 17.4 Å². The molecule has 0 radical (unpaired) electrons. The van der Waals surface area contributed by atoms with E-state index in [1.165, 1.54) is 12.1 Å². The van der Waals surface area contributed by atoms with Gasteiger partial charge in [-0.3, -0.25) is 5.10 Å². The highest BCUT2D eigenvalue weighted by Crippen LogP contribution is 2.27. The van der Waals surface area contributed by atoms with Crippen LogP contribution in [-0.2, 0) is 4.74 Å². The Labute approximate surface area is 115 Å². The number of halogens is 3. The van der Waals surface area contributed by atoms with Gasteiger partial charge in [-0.2, -0.15) is 5.10 Å². The minimum absolute atomic E-state index is 0.0834. The highest BCUT2D eigenvalue weighted by molar-refractivity contribution is 9.10. The molecule has 0 aliphatic rings. The van der Waals surface area contributed by atoms with E-state index in [1.54, 1.807) is 6.92 Å². The summed E-state index contributed by atoms with van der Waals surface area (Å²) >= 11 is 2.97. The molecule has 0 saturated carbocycles. The lowest BCUT2D eigenvalue weighted by Crippen LogP contribution is -2.04. The number of benzene rings is 1. The van der Waals surface area contributed by atoms with E-state index in [-0.39, 0.29) is 28.0 Å². The molecule has 0 atom stereocenters. The van der Waals surface area contributed by atoms with Gasteiger partial charge in [0, 0.05) is 11.6 Å². The molecule has 19 heavy (non-hydrogen) atoms. The Bertz CT molecular complexity index is 628. The smallest absolute Gasteiger partial charge is 0.356 e. The van der Waals surface area contributed by atoms with Crippen molar-refractivity contribution in [3.63, 3.8) is 0 Å². The number of rotatable bonds is 3. The van der Waals surface area contributed by atoms with Gasteiger partial charge < -0.3 is 4.74 Å². The number of aromatic amines is 1. The van der Waals surface area contributed by atoms with Gasteiger partial charge in [-0.15, -0.1) is 0 Å². The summed E-state index contributed by atoms with van der Waals surface area (Å²) in [5.41, 5.74) is 0.387. The van der Waals surface area contributed by atoms with E-state index in [1.807, 2.05) is 0 Å². The van der Waals surface area contributed by atoms with Crippen molar-refractivity contribution in [3.05, 3.63) is 40.0 Å². The van der Waals surface area contributed by atoms with Crippen LogP contribution in [0.15, 0.2) is 22.7 Å². The van der Waals surface area contributed by atoms with E-state index in [0.717, 1.165) is 6.07 Å². The average Bonchev–Trinajstić information content (AvgIpc) is 2.83. The average molecular weight is 331 g/mol. The Hall–Kier alpha value is -1.76. The largest absolute Gasteiger partial charge is 0.461 e. The molecule has 0 spiro atoms. The second-order valence-electron chi connectivity index (χ2n) is 3.63. The molecule has 100 valence electrons. The Morgan fingerprint density at radius 3 is 2.79 bits per heavy atom. The number of H-pyrrole nitrogens is 1. The quantitative estimate of drug-likeness (QED) is 0.694. The number of carbonyl (C=O) groups excluding carboxylic acids is 1. The molecule has 0 saturated heterocycles. The molecular weight excluding hydrogens is 322 g/mol. The number of ether oxygens (including phenoxy) is 1. The fourth-order valence-electron chi connectivity index (χ4n) is 1.49. The van der Waals surface area contributed by atoms with Gasteiger partial charge in [-0.25, -0.2) is 13.6 Å². The fraction of sp³-hybridized carbons (Fsp3) is 0.167. The number of hydrogen-bond acceptors (Lipinski definition) is 3. The lowest BCUT2D eigenvalue weighted by molar-refractivity contribution is 0.0519. The SMILES string of the molecule is CCOC(=O)c1cc(-c2cc(Br)c(F)cc2F)n[nH]1. The van der Waals surface area contributed by atoms with Crippen LogP contribution < -0.4 is 0 Å². The predicted molar refractivity (Wildman–Crippen MR) is 67.6 cm³/mol. The van der Waals surface area contributed by atoms with E-state index >= 15 is 0 Å². The van der Waals surface area contributed by atoms with Crippen molar-refractivity contribution >= 4 is 21.9 Å². The summed E-state index contributed by atoms with van der Waals surface area (Å²) in [5.74, 6) is -2.05. The molecule has 0 fully saturated rings. The molecule has 0 amide bonds. The first-order valence-electron chi connectivity index (χ1n) is 5.40. The second-order valence-corrected chi connectivity index (χ2v) is 4.49. The number of nitrogens with zero attached hydrogens (tertiary/aromatic N) is 1. The van der Waals surface area contributed by atoms with Gasteiger partial charge in [0.25, 0.3) is 0 Å². The number of hydrogen-bond donors (Lipinski definition) is 1. The Kier molecular flexibility index (Phi) is 3.94. The summed E-state index contributed by atoms with van der Waals surface area (Å²) in [7, 11) is 0. The van der Waals surface area contributed by atoms with E-state index in [9.17, 15) is 13.6 Å². The van der Waals surface area contributed by atoms with Crippen molar-refractivity contribution in [2.45, 2.75) is 6.92 Å². The van der Waals surface area contributed by atoms with E-state index in [4.69, 9.17) is 4.74 Å². The Morgan fingerprint density at radius 2 is 2.11 bits per heavy atom. The molecule has 0 unspecified atom stereocenters. The normalized spacial score (nSPS) is 10.5. The summed E-state index contributed by atoms with van der Waals surface area (Å²) in [5, 5.41) is 6.26. The third kappa shape index (κ3) is 2.81. The Morgan fingerprint density at radius 1 is 1.37 bits per heavy atom. The molecule has 1 aromatic carbocycles. The van der Waals surface area contributed by atoms with Gasteiger partial charge in [-0.05, 0) is 35.0 Å². The third-order valence-electron chi connectivity index (χ3n) is 2.36. The van der Waals surface area contributed by atoms with Crippen LogP contribution in [0, 0.1) is 11.6 Å². The minimum Gasteiger partial charge on any atom is -0.461 e. The van der Waals surface area contributed by atoms with Crippen LogP contribution in [0.5, 0.6) is 0 Å². The molecule has 2 aromatic rings. The summed E-state index contributed by atoms with van der Waals surface area (Å²) in [4.78, 5) is 11.4. The molecule has 1 heterocycles. The zero-order valence-corrected chi connectivity index (χ0v) is 11.4. The van der Waals surface area contributed by atoms with Crippen molar-refractivity contribution < 1.29 is 18.3 Å². The van der Waals surface area contributed by atoms with Crippen LogP contribution in [0.4, 0.5) is 8.78 Å². The maximum Gasteiger partial charge on any atom is 0.356 e. The second kappa shape index (κ2) is 5.48. The molecule has 4 nitrogen and oxygen atoms in total. The minimum atomic E-state index is -0.761. The van der Waals surface area contributed by atoms with Crippen molar-refractivity contribution in [1.82, 2.24) is 10.2 Å². The van der Waals surface area contributed by atoms with E-state index in [2.05, 4.69) is 26.1 Å². The molecule has 2 rings (SSSR count). The summed E-state index contributed by atoms with van der Waals surface area (Å²) in [6, 6.07) is 3.36. The molecular formula is C12H9BrF2N2O2. The molecule has 1 aromatic heterocycles. The highest BCUT2D eigenvalue weighted by atomic mass is 79.9. The first kappa shape index (κ1) is 13.7. The van der Waals surface area contributed by atoms with E-state index < -0.39 is 17.6 Å². The number of aromatic nitrogens is 2. The maximum atomic E-state index is 13.6. The first-order chi connectivity index (χ1) is 9.02. The zero-order valence-electron chi connectivity index (χ0n) is 9.84. The molecule has 0 aliphatic heterocycles. The summed E-state index contributed by atoms with van der Waals surface area (Å²) in [6.45, 7) is 1.90. The van der Waals surface area contributed by atoms with Crippen molar-refractivity contribution in [2.24, 2.45) is 0 Å². The lowest BCUT2D eigenvalue weighted by atomic mass is 10.1. The Balaban J connectivity index is 2.38. The van der Waals surface area contributed by atoms with Crippen LogP contribution >= 0.6 is 15.9 Å². The zero-order chi connectivity index (χ0) is 14.0. The van der Waals surface area contributed by atoms with Gasteiger partial charge in [0.05, 0.1) is 16.8 Å². The summed E-state index contributed by atoms with van der Waals surface area (Å²) in [6.07, 6.45) is 0. The van der Waals surface area contributed by atoms with Gasteiger partial charge in [-0.1, -0.05) is 0 Å². The topological polar surface area (TPSA) is 55.0 Å². The number of esters is 1. The lowest BCUT2D eigenvalue weighted by Gasteiger charge is -2.01. The van der Waals surface area contributed by atoms with Crippen LogP contribution in [-0.4, -0.2) is 22.8 Å². The monoisotopic (exact) mass is 330 g/mol. The van der Waals surface area contributed by atoms with Gasteiger partial charge in [0.1, 0.15) is 17.3 Å². The van der Waals surface area contributed by atoms with Gasteiger partial charge >= 0.3 is 5.97 Å². The number of nitrogens with one attached hydrogen (secondary N) is 1. The molecule has 0 bridgehead atoms. The van der Waals surface area contributed by atoms with Crippen molar-refractivity contribution in [3.8, 4) is 11.3 Å². The maximum absolute atomic E-state index is 13.6.